The molecule has 0 atom stereocenters. The minimum Gasteiger partial charge on any atom is -0.484 e. The van der Waals surface area contributed by atoms with Crippen LogP contribution in [0.25, 0.3) is 0 Å². The number of nitrogens with zero attached hydrogens (tertiary/aromatic N) is 1. The normalized spacial score (nSPS) is 10.2. The van der Waals surface area contributed by atoms with Gasteiger partial charge in [0.2, 0.25) is 0 Å². The molecule has 17 heavy (non-hydrogen) atoms. The molecule has 2 aromatic heterocycles. The summed E-state index contributed by atoms with van der Waals surface area (Å²) in [7, 11) is 1.36. The molecule has 0 aliphatic carbocycles. The zero-order valence-corrected chi connectivity index (χ0v) is 10.1. The number of thiophene rings is 1. The first-order chi connectivity index (χ1) is 8.29. The highest BCUT2D eigenvalue weighted by atomic mass is 32.1. The second-order valence-electron chi connectivity index (χ2n) is 3.24. The van der Waals surface area contributed by atoms with Crippen LogP contribution in [0.1, 0.15) is 15.5 Å². The molecule has 2 heterocycles. The van der Waals surface area contributed by atoms with Gasteiger partial charge < -0.3 is 14.5 Å². The topological polar surface area (TPSA) is 64.2 Å². The fraction of sp³-hybridized carbons (Fsp3) is 0.273. The number of carbonyl (C=O) groups is 1. The van der Waals surface area contributed by atoms with Gasteiger partial charge in [-0.25, -0.2) is 9.78 Å². The first kappa shape index (κ1) is 11.7. The van der Waals surface area contributed by atoms with Gasteiger partial charge in [-0.05, 0) is 12.1 Å². The number of rotatable bonds is 5. The van der Waals surface area contributed by atoms with Crippen molar-refractivity contribution in [1.82, 2.24) is 9.97 Å². The Morgan fingerprint density at radius 3 is 3.12 bits per heavy atom. The third-order valence-corrected chi connectivity index (χ3v) is 3.08. The second-order valence-corrected chi connectivity index (χ2v) is 4.29. The minimum atomic E-state index is -0.337. The summed E-state index contributed by atoms with van der Waals surface area (Å²) < 4.78 is 10.1. The van der Waals surface area contributed by atoms with E-state index in [1.807, 2.05) is 0 Å². The van der Waals surface area contributed by atoms with Crippen molar-refractivity contribution in [1.29, 1.82) is 0 Å². The van der Waals surface area contributed by atoms with Gasteiger partial charge >= 0.3 is 5.97 Å². The SMILES string of the molecule is COC(=O)c1ccc(OCCc2ncc[nH]2)s1. The molecule has 0 aliphatic heterocycles. The summed E-state index contributed by atoms with van der Waals surface area (Å²) in [5, 5.41) is 0.706. The van der Waals surface area contributed by atoms with E-state index in [-0.39, 0.29) is 5.97 Å². The van der Waals surface area contributed by atoms with E-state index in [9.17, 15) is 4.79 Å². The van der Waals surface area contributed by atoms with Crippen molar-refractivity contribution in [2.45, 2.75) is 6.42 Å². The molecule has 5 nitrogen and oxygen atoms in total. The number of carbonyl (C=O) groups excluding carboxylic acids is 1. The molecule has 6 heteroatoms. The van der Waals surface area contributed by atoms with Gasteiger partial charge in [0.05, 0.1) is 13.7 Å². The third-order valence-electron chi connectivity index (χ3n) is 2.11. The summed E-state index contributed by atoms with van der Waals surface area (Å²) in [5.41, 5.74) is 0. The Morgan fingerprint density at radius 1 is 1.53 bits per heavy atom. The first-order valence-electron chi connectivity index (χ1n) is 5.09. The van der Waals surface area contributed by atoms with Gasteiger partial charge in [0.25, 0.3) is 0 Å². The molecule has 1 N–H and O–H groups in total. The molecule has 2 rings (SSSR count). The largest absolute Gasteiger partial charge is 0.484 e. The smallest absolute Gasteiger partial charge is 0.348 e. The molecule has 2 aromatic rings. The molecule has 0 aromatic carbocycles. The molecule has 0 unspecified atom stereocenters. The molecule has 0 aliphatic rings. The maximum Gasteiger partial charge on any atom is 0.348 e. The molecule has 0 spiro atoms. The fourth-order valence-corrected chi connectivity index (χ4v) is 2.09. The summed E-state index contributed by atoms with van der Waals surface area (Å²) in [4.78, 5) is 18.8. The van der Waals surface area contributed by atoms with E-state index in [1.54, 1.807) is 24.5 Å². The average Bonchev–Trinajstić information content (AvgIpc) is 2.99. The molecule has 0 fully saturated rings. The standard InChI is InChI=1S/C11H12N2O3S/c1-15-11(14)8-2-3-10(17-8)16-7-4-9-12-5-6-13-9/h2-3,5-6H,4,7H2,1H3,(H,12,13). The fourth-order valence-electron chi connectivity index (χ4n) is 1.29. The van der Waals surface area contributed by atoms with Crippen LogP contribution in [0, 0.1) is 0 Å². The van der Waals surface area contributed by atoms with Crippen LogP contribution >= 0.6 is 11.3 Å². The zero-order valence-electron chi connectivity index (χ0n) is 9.30. The van der Waals surface area contributed by atoms with E-state index in [4.69, 9.17) is 4.74 Å². The molecule has 90 valence electrons. The van der Waals surface area contributed by atoms with Crippen molar-refractivity contribution < 1.29 is 14.3 Å². The van der Waals surface area contributed by atoms with Gasteiger partial charge in [0, 0.05) is 18.8 Å². The van der Waals surface area contributed by atoms with Crippen LogP contribution in [-0.2, 0) is 11.2 Å². The van der Waals surface area contributed by atoms with Crippen molar-refractivity contribution >= 4 is 17.3 Å². The maximum absolute atomic E-state index is 11.2. The van der Waals surface area contributed by atoms with E-state index < -0.39 is 0 Å². The number of esters is 1. The van der Waals surface area contributed by atoms with Crippen molar-refractivity contribution in [3.05, 3.63) is 35.2 Å². The number of H-pyrrole nitrogens is 1. The van der Waals surface area contributed by atoms with E-state index in [0.29, 0.717) is 23.0 Å². The molecule has 0 bridgehead atoms. The summed E-state index contributed by atoms with van der Waals surface area (Å²) in [6.07, 6.45) is 4.18. The number of hydrogen-bond acceptors (Lipinski definition) is 5. The van der Waals surface area contributed by atoms with E-state index in [2.05, 4.69) is 14.7 Å². The average molecular weight is 252 g/mol. The van der Waals surface area contributed by atoms with Gasteiger partial charge in [-0.1, -0.05) is 11.3 Å². The van der Waals surface area contributed by atoms with E-state index in [0.717, 1.165) is 5.82 Å². The van der Waals surface area contributed by atoms with Crippen LogP contribution < -0.4 is 4.74 Å². The van der Waals surface area contributed by atoms with E-state index in [1.165, 1.54) is 18.4 Å². The Morgan fingerprint density at radius 2 is 2.41 bits per heavy atom. The summed E-state index contributed by atoms with van der Waals surface area (Å²) >= 11 is 1.28. The minimum absolute atomic E-state index is 0.337. The number of methoxy groups -OCH3 is 1. The lowest BCUT2D eigenvalue weighted by atomic mass is 10.4. The molecule has 0 saturated carbocycles. The van der Waals surface area contributed by atoms with Crippen LogP contribution in [0.3, 0.4) is 0 Å². The van der Waals surface area contributed by atoms with Crippen molar-refractivity contribution in [3.8, 4) is 5.06 Å². The predicted octanol–water partition coefficient (Wildman–Crippen LogP) is 1.88. The van der Waals surface area contributed by atoms with Crippen LogP contribution in [0.4, 0.5) is 0 Å². The molecule has 0 radical (unpaired) electrons. The molecular formula is C11H12N2O3S. The van der Waals surface area contributed by atoms with Crippen molar-refractivity contribution in [3.63, 3.8) is 0 Å². The van der Waals surface area contributed by atoms with Crippen molar-refractivity contribution in [2.24, 2.45) is 0 Å². The quantitative estimate of drug-likeness (QED) is 0.825. The highest BCUT2D eigenvalue weighted by molar-refractivity contribution is 7.15. The van der Waals surface area contributed by atoms with Gasteiger partial charge in [-0.2, -0.15) is 0 Å². The van der Waals surface area contributed by atoms with Crippen LogP contribution in [-0.4, -0.2) is 29.7 Å². The lowest BCUT2D eigenvalue weighted by Gasteiger charge is -2.00. The predicted molar refractivity (Wildman–Crippen MR) is 63.4 cm³/mol. The molecule has 0 amide bonds. The number of imidazole rings is 1. The Bertz CT molecular complexity index is 479. The summed E-state index contributed by atoms with van der Waals surface area (Å²) in [6.45, 7) is 0.522. The zero-order chi connectivity index (χ0) is 12.1. The highest BCUT2D eigenvalue weighted by Crippen LogP contribution is 2.24. The lowest BCUT2D eigenvalue weighted by molar-refractivity contribution is 0.0606. The second kappa shape index (κ2) is 5.49. The van der Waals surface area contributed by atoms with Gasteiger partial charge in [0.1, 0.15) is 10.7 Å². The Hall–Kier alpha value is -1.82. The third kappa shape index (κ3) is 3.07. The molecular weight excluding hydrogens is 240 g/mol. The highest BCUT2D eigenvalue weighted by Gasteiger charge is 2.09. The molecule has 0 saturated heterocycles. The Labute approximate surface area is 102 Å². The number of nitrogens with one attached hydrogen (secondary N) is 1. The van der Waals surface area contributed by atoms with Gasteiger partial charge in [0.15, 0.2) is 5.06 Å². The van der Waals surface area contributed by atoms with Crippen LogP contribution in [0.2, 0.25) is 0 Å². The first-order valence-corrected chi connectivity index (χ1v) is 5.90. The van der Waals surface area contributed by atoms with Gasteiger partial charge in [-0.3, -0.25) is 0 Å². The van der Waals surface area contributed by atoms with E-state index >= 15 is 0 Å². The van der Waals surface area contributed by atoms with Crippen LogP contribution in [0.5, 0.6) is 5.06 Å². The van der Waals surface area contributed by atoms with Gasteiger partial charge in [-0.15, -0.1) is 0 Å². The summed E-state index contributed by atoms with van der Waals surface area (Å²) in [6, 6.07) is 3.46. The Balaban J connectivity index is 1.83. The number of hydrogen-bond donors (Lipinski definition) is 1. The van der Waals surface area contributed by atoms with Crippen molar-refractivity contribution in [2.75, 3.05) is 13.7 Å². The maximum atomic E-state index is 11.2. The summed E-state index contributed by atoms with van der Waals surface area (Å²) in [5.74, 6) is 0.547. The number of ether oxygens (including phenoxy) is 2. The lowest BCUT2D eigenvalue weighted by Crippen LogP contribution is -2.01. The van der Waals surface area contributed by atoms with Crippen LogP contribution in [0.15, 0.2) is 24.5 Å². The Kier molecular flexibility index (Phi) is 3.77. The number of aromatic nitrogens is 2. The monoisotopic (exact) mass is 252 g/mol. The number of aromatic amines is 1.